The smallest absolute Gasteiger partial charge is 0.261 e. The van der Waals surface area contributed by atoms with Crippen LogP contribution in [0.4, 0.5) is 20.3 Å². The summed E-state index contributed by atoms with van der Waals surface area (Å²) in [5, 5.41) is 9.27. The van der Waals surface area contributed by atoms with Gasteiger partial charge >= 0.3 is 0 Å². The maximum atomic E-state index is 15.5. The van der Waals surface area contributed by atoms with Crippen LogP contribution < -0.4 is 25.4 Å². The monoisotopic (exact) mass is 749 g/mol. The number of hydrogen-bond acceptors (Lipinski definition) is 11. The van der Waals surface area contributed by atoms with Crippen LogP contribution in [-0.2, 0) is 17.5 Å². The number of halogens is 2. The van der Waals surface area contributed by atoms with E-state index >= 15 is 8.78 Å². The van der Waals surface area contributed by atoms with Crippen LogP contribution in [0.3, 0.4) is 0 Å². The van der Waals surface area contributed by atoms with Crippen LogP contribution in [0, 0.1) is 17.6 Å². The standard InChI is InChI=1S/C38H49F2N9O3S/c1-45-33-22-34(30(39)21-29(33)37(44-45)49-8-2-7-41-25-49)48-15-13-47(14-16-48)12-11-46-9-3-26(4-10-46)23-52-27-19-31(40)36-32(20-27)42-35(43-38(36)50)24-53-28-5-17-51-18-6-28/h2,8,19-22,26,28,41H,3-7,9-18,23-25H2,1H3,(H,42,43,50). The Hall–Kier alpha value is -3.76. The number of fused-ring (bicyclic) bond motifs is 2. The Morgan fingerprint density at radius 1 is 0.962 bits per heavy atom. The van der Waals surface area contributed by atoms with Crippen molar-refractivity contribution in [2.24, 2.45) is 13.0 Å². The molecule has 4 aliphatic heterocycles. The molecule has 0 unspecified atom stereocenters. The van der Waals surface area contributed by atoms with Gasteiger partial charge in [-0.15, -0.1) is 0 Å². The largest absolute Gasteiger partial charge is 0.493 e. The highest BCUT2D eigenvalue weighted by atomic mass is 32.2. The first-order chi connectivity index (χ1) is 25.9. The van der Waals surface area contributed by atoms with Crippen molar-refractivity contribution < 1.29 is 18.3 Å². The lowest BCUT2D eigenvalue weighted by Crippen LogP contribution is -2.49. The zero-order chi connectivity index (χ0) is 36.3. The summed E-state index contributed by atoms with van der Waals surface area (Å²) < 4.78 is 43.9. The highest BCUT2D eigenvalue weighted by molar-refractivity contribution is 7.99. The molecule has 2 aromatic carbocycles. The number of benzene rings is 2. The first-order valence-electron chi connectivity index (χ1n) is 18.9. The predicted octanol–water partition coefficient (Wildman–Crippen LogP) is 4.29. The second-order valence-corrected chi connectivity index (χ2v) is 15.9. The molecule has 0 saturated carbocycles. The summed E-state index contributed by atoms with van der Waals surface area (Å²) in [4.78, 5) is 29.2. The fourth-order valence-electron chi connectivity index (χ4n) is 7.87. The van der Waals surface area contributed by atoms with Crippen molar-refractivity contribution >= 4 is 45.1 Å². The van der Waals surface area contributed by atoms with Crippen molar-refractivity contribution in [3.05, 3.63) is 64.4 Å². The Morgan fingerprint density at radius 2 is 1.74 bits per heavy atom. The summed E-state index contributed by atoms with van der Waals surface area (Å²) in [6.45, 7) is 10.8. The van der Waals surface area contributed by atoms with E-state index in [2.05, 4.69) is 30.0 Å². The molecule has 0 bridgehead atoms. The summed E-state index contributed by atoms with van der Waals surface area (Å²) in [5.74, 6) is 1.86. The lowest BCUT2D eigenvalue weighted by molar-refractivity contribution is 0.1000. The quantitative estimate of drug-likeness (QED) is 0.230. The Bertz CT molecular complexity index is 1990. The highest BCUT2D eigenvalue weighted by Crippen LogP contribution is 2.33. The van der Waals surface area contributed by atoms with Crippen LogP contribution >= 0.6 is 11.8 Å². The summed E-state index contributed by atoms with van der Waals surface area (Å²) in [5.41, 5.74) is 1.45. The number of piperazine rings is 1. The molecule has 0 spiro atoms. The fraction of sp³-hybridized carbons (Fsp3) is 0.553. The summed E-state index contributed by atoms with van der Waals surface area (Å²) in [6, 6.07) is 6.59. The average Bonchev–Trinajstić information content (AvgIpc) is 3.50. The number of aromatic amines is 1. The molecule has 4 aromatic rings. The van der Waals surface area contributed by atoms with Gasteiger partial charge in [0.15, 0.2) is 5.82 Å². The van der Waals surface area contributed by atoms with Crippen LogP contribution in [-0.4, -0.2) is 120 Å². The number of anilines is 2. The first kappa shape index (κ1) is 36.2. The second kappa shape index (κ2) is 16.3. The Balaban J connectivity index is 0.785. The molecule has 6 heterocycles. The van der Waals surface area contributed by atoms with Gasteiger partial charge in [0.1, 0.15) is 28.6 Å². The Labute approximate surface area is 312 Å². The molecule has 3 fully saturated rings. The van der Waals surface area contributed by atoms with Gasteiger partial charge in [-0.2, -0.15) is 16.9 Å². The van der Waals surface area contributed by atoms with Crippen molar-refractivity contribution in [3.63, 3.8) is 0 Å². The van der Waals surface area contributed by atoms with Gasteiger partial charge in [-0.05, 0) is 56.8 Å². The van der Waals surface area contributed by atoms with Crippen molar-refractivity contribution in [1.29, 1.82) is 0 Å². The van der Waals surface area contributed by atoms with E-state index < -0.39 is 11.4 Å². The third kappa shape index (κ3) is 8.34. The number of nitrogens with zero attached hydrogens (tertiary/aromatic N) is 7. The minimum absolute atomic E-state index is 0.0250. The maximum absolute atomic E-state index is 15.5. The number of H-pyrrole nitrogens is 1. The van der Waals surface area contributed by atoms with E-state index in [1.165, 1.54) is 6.07 Å². The molecule has 0 aliphatic carbocycles. The van der Waals surface area contributed by atoms with Gasteiger partial charge in [0.05, 0.1) is 35.7 Å². The molecule has 284 valence electrons. The van der Waals surface area contributed by atoms with E-state index in [1.807, 2.05) is 35.0 Å². The van der Waals surface area contributed by atoms with Gasteiger partial charge in [0.2, 0.25) is 0 Å². The highest BCUT2D eigenvalue weighted by Gasteiger charge is 2.25. The summed E-state index contributed by atoms with van der Waals surface area (Å²) in [6.07, 6.45) is 8.03. The molecular formula is C38H49F2N9O3S. The SMILES string of the molecule is Cn1nc(N2C=CCNC2)c2cc(F)c(N3CCN(CCN4CCC(COc5cc(F)c6c(=O)[nH]c(CSC7CCOCC7)nc6c5)CC4)CC3)cc21. The lowest BCUT2D eigenvalue weighted by Gasteiger charge is -2.38. The Morgan fingerprint density at radius 3 is 2.49 bits per heavy atom. The molecule has 12 nitrogen and oxygen atoms in total. The molecule has 53 heavy (non-hydrogen) atoms. The van der Waals surface area contributed by atoms with Crippen LogP contribution in [0.2, 0.25) is 0 Å². The van der Waals surface area contributed by atoms with Gasteiger partial charge in [0, 0.05) is 95.0 Å². The average molecular weight is 750 g/mol. The topological polar surface area (TPSA) is 107 Å². The fourth-order valence-corrected chi connectivity index (χ4v) is 8.93. The number of rotatable bonds is 11. The molecule has 0 atom stereocenters. The molecule has 3 saturated heterocycles. The van der Waals surface area contributed by atoms with Gasteiger partial charge in [-0.3, -0.25) is 19.7 Å². The van der Waals surface area contributed by atoms with Crippen molar-refractivity contribution in [1.82, 2.24) is 34.9 Å². The molecule has 15 heteroatoms. The van der Waals surface area contributed by atoms with E-state index in [1.54, 1.807) is 23.9 Å². The summed E-state index contributed by atoms with van der Waals surface area (Å²) >= 11 is 1.76. The van der Waals surface area contributed by atoms with E-state index in [4.69, 9.17) is 14.6 Å². The number of aromatic nitrogens is 4. The minimum atomic E-state index is -0.609. The van der Waals surface area contributed by atoms with Crippen LogP contribution in [0.25, 0.3) is 21.8 Å². The number of aryl methyl sites for hydroxylation is 1. The van der Waals surface area contributed by atoms with Gasteiger partial charge in [-0.25, -0.2) is 13.8 Å². The molecule has 2 N–H and O–H groups in total. The molecule has 0 radical (unpaired) electrons. The number of likely N-dealkylation sites (tertiary alicyclic amines) is 1. The molecule has 0 amide bonds. The van der Waals surface area contributed by atoms with Gasteiger partial charge in [0.25, 0.3) is 5.56 Å². The van der Waals surface area contributed by atoms with Crippen LogP contribution in [0.1, 0.15) is 31.5 Å². The molecule has 8 rings (SSSR count). The van der Waals surface area contributed by atoms with Crippen LogP contribution in [0.5, 0.6) is 5.75 Å². The molecular weight excluding hydrogens is 701 g/mol. The lowest BCUT2D eigenvalue weighted by atomic mass is 9.98. The first-order valence-corrected chi connectivity index (χ1v) is 20.0. The number of nitrogens with one attached hydrogen (secondary N) is 2. The van der Waals surface area contributed by atoms with Crippen molar-refractivity contribution in [3.8, 4) is 5.75 Å². The third-order valence-corrected chi connectivity index (χ3v) is 12.4. The van der Waals surface area contributed by atoms with Gasteiger partial charge in [-0.1, -0.05) is 6.08 Å². The minimum Gasteiger partial charge on any atom is -0.493 e. The maximum Gasteiger partial charge on any atom is 0.261 e. The van der Waals surface area contributed by atoms with E-state index in [0.29, 0.717) is 53.0 Å². The number of piperidine rings is 1. The van der Waals surface area contributed by atoms with E-state index in [0.717, 1.165) is 115 Å². The number of thioether (sulfide) groups is 1. The van der Waals surface area contributed by atoms with Crippen molar-refractivity contribution in [2.45, 2.75) is 36.7 Å². The van der Waals surface area contributed by atoms with E-state index in [9.17, 15) is 4.79 Å². The molecule has 2 aromatic heterocycles. The third-order valence-electron chi connectivity index (χ3n) is 11.0. The zero-order valence-corrected chi connectivity index (χ0v) is 31.2. The van der Waals surface area contributed by atoms with E-state index in [-0.39, 0.29) is 11.2 Å². The zero-order valence-electron chi connectivity index (χ0n) is 30.4. The van der Waals surface area contributed by atoms with Crippen molar-refractivity contribution in [2.75, 3.05) is 95.2 Å². The van der Waals surface area contributed by atoms with Crippen LogP contribution in [0.15, 0.2) is 41.3 Å². The summed E-state index contributed by atoms with van der Waals surface area (Å²) in [7, 11) is 1.92. The Kier molecular flexibility index (Phi) is 11.1. The number of ether oxygens (including phenoxy) is 2. The molecule has 4 aliphatic rings. The number of hydrogen-bond donors (Lipinski definition) is 2. The normalized spacial score (nSPS) is 19.9. The predicted molar refractivity (Wildman–Crippen MR) is 206 cm³/mol. The van der Waals surface area contributed by atoms with Gasteiger partial charge < -0.3 is 29.2 Å². The second-order valence-electron chi connectivity index (χ2n) is 14.6.